The highest BCUT2D eigenvalue weighted by Crippen LogP contribution is 2.22. The lowest BCUT2D eigenvalue weighted by Crippen LogP contribution is -2.23. The van der Waals surface area contributed by atoms with Gasteiger partial charge in [0.05, 0.1) is 16.1 Å². The number of rotatable bonds is 5. The quantitative estimate of drug-likeness (QED) is 0.498. The SMILES string of the molecule is CS(=O)(=O)c1ccc(Cc2ccccc2)c(-n2nccc(-c3cccnc3)c2=O)c1. The summed E-state index contributed by atoms with van der Waals surface area (Å²) in [6.45, 7) is 0. The monoisotopic (exact) mass is 417 g/mol. The minimum absolute atomic E-state index is 0.134. The molecule has 0 bridgehead atoms. The first-order chi connectivity index (χ1) is 14.4. The Balaban J connectivity index is 1.92. The molecule has 150 valence electrons. The molecule has 0 atom stereocenters. The molecular weight excluding hydrogens is 398 g/mol. The summed E-state index contributed by atoms with van der Waals surface area (Å²) in [6, 6.07) is 19.8. The van der Waals surface area contributed by atoms with Gasteiger partial charge < -0.3 is 0 Å². The Kier molecular flexibility index (Phi) is 5.29. The van der Waals surface area contributed by atoms with Crippen LogP contribution in [0.2, 0.25) is 0 Å². The molecule has 2 heterocycles. The minimum atomic E-state index is -3.45. The molecule has 0 spiro atoms. The molecule has 0 aliphatic carbocycles. The lowest BCUT2D eigenvalue weighted by molar-refractivity contribution is 0.601. The number of hydrogen-bond donors (Lipinski definition) is 0. The van der Waals surface area contributed by atoms with Crippen LogP contribution in [0.4, 0.5) is 0 Å². The van der Waals surface area contributed by atoms with Gasteiger partial charge in [-0.15, -0.1) is 0 Å². The molecule has 0 N–H and O–H groups in total. The first-order valence-electron chi connectivity index (χ1n) is 9.29. The van der Waals surface area contributed by atoms with E-state index in [-0.39, 0.29) is 10.5 Å². The van der Waals surface area contributed by atoms with Crippen LogP contribution in [-0.2, 0) is 16.3 Å². The molecule has 0 fully saturated rings. The van der Waals surface area contributed by atoms with Crippen molar-refractivity contribution in [1.29, 1.82) is 0 Å². The van der Waals surface area contributed by atoms with E-state index in [4.69, 9.17) is 0 Å². The van der Waals surface area contributed by atoms with Crippen LogP contribution in [-0.4, -0.2) is 29.4 Å². The van der Waals surface area contributed by atoms with Gasteiger partial charge in [0.2, 0.25) is 0 Å². The second kappa shape index (κ2) is 8.04. The Morgan fingerprint density at radius 2 is 1.73 bits per heavy atom. The molecule has 0 radical (unpaired) electrons. The largest absolute Gasteiger partial charge is 0.279 e. The number of pyridine rings is 1. The maximum Gasteiger partial charge on any atom is 0.279 e. The first-order valence-corrected chi connectivity index (χ1v) is 11.2. The highest BCUT2D eigenvalue weighted by molar-refractivity contribution is 7.90. The van der Waals surface area contributed by atoms with E-state index in [0.29, 0.717) is 23.2 Å². The van der Waals surface area contributed by atoms with Crippen LogP contribution in [0.3, 0.4) is 0 Å². The normalized spacial score (nSPS) is 11.4. The number of nitrogens with zero attached hydrogens (tertiary/aromatic N) is 3. The van der Waals surface area contributed by atoms with Crippen LogP contribution < -0.4 is 5.56 Å². The topological polar surface area (TPSA) is 81.9 Å². The van der Waals surface area contributed by atoms with E-state index < -0.39 is 9.84 Å². The van der Waals surface area contributed by atoms with Crippen LogP contribution in [0, 0.1) is 0 Å². The fraction of sp³-hybridized carbons (Fsp3) is 0.0870. The van der Waals surface area contributed by atoms with Crippen molar-refractivity contribution in [2.45, 2.75) is 11.3 Å². The first kappa shape index (κ1) is 19.7. The maximum atomic E-state index is 13.3. The summed E-state index contributed by atoms with van der Waals surface area (Å²) in [4.78, 5) is 17.5. The van der Waals surface area contributed by atoms with Crippen molar-refractivity contribution in [3.8, 4) is 16.8 Å². The van der Waals surface area contributed by atoms with Gasteiger partial charge in [-0.25, -0.2) is 8.42 Å². The second-order valence-electron chi connectivity index (χ2n) is 6.93. The van der Waals surface area contributed by atoms with Gasteiger partial charge in [0.1, 0.15) is 0 Å². The molecule has 2 aromatic heterocycles. The summed E-state index contributed by atoms with van der Waals surface area (Å²) < 4.78 is 25.5. The molecule has 6 nitrogen and oxygen atoms in total. The number of sulfone groups is 1. The third-order valence-electron chi connectivity index (χ3n) is 4.77. The lowest BCUT2D eigenvalue weighted by atomic mass is 10.0. The average molecular weight is 417 g/mol. The minimum Gasteiger partial charge on any atom is -0.267 e. The summed E-state index contributed by atoms with van der Waals surface area (Å²) >= 11 is 0. The van der Waals surface area contributed by atoms with Crippen LogP contribution in [0.5, 0.6) is 0 Å². The zero-order valence-electron chi connectivity index (χ0n) is 16.3. The molecule has 0 aliphatic rings. The Morgan fingerprint density at radius 3 is 2.43 bits per heavy atom. The summed E-state index contributed by atoms with van der Waals surface area (Å²) in [7, 11) is -3.45. The van der Waals surface area contributed by atoms with Crippen molar-refractivity contribution in [1.82, 2.24) is 14.8 Å². The van der Waals surface area contributed by atoms with E-state index in [0.717, 1.165) is 17.4 Å². The highest BCUT2D eigenvalue weighted by atomic mass is 32.2. The maximum absolute atomic E-state index is 13.3. The van der Waals surface area contributed by atoms with Gasteiger partial charge >= 0.3 is 0 Å². The van der Waals surface area contributed by atoms with Gasteiger partial charge in [-0.1, -0.05) is 42.5 Å². The van der Waals surface area contributed by atoms with Crippen LogP contribution in [0.15, 0.2) is 95.0 Å². The van der Waals surface area contributed by atoms with Crippen molar-refractivity contribution in [3.05, 3.63) is 107 Å². The summed E-state index contributed by atoms with van der Waals surface area (Å²) in [5.41, 5.74) is 3.05. The van der Waals surface area contributed by atoms with Gasteiger partial charge in [-0.3, -0.25) is 9.78 Å². The fourth-order valence-electron chi connectivity index (χ4n) is 3.26. The predicted octanol–water partition coefficient (Wildman–Crippen LogP) is 3.29. The zero-order valence-corrected chi connectivity index (χ0v) is 17.1. The fourth-order valence-corrected chi connectivity index (χ4v) is 3.90. The average Bonchev–Trinajstić information content (AvgIpc) is 2.75. The van der Waals surface area contributed by atoms with Crippen LogP contribution >= 0.6 is 0 Å². The van der Waals surface area contributed by atoms with E-state index in [2.05, 4.69) is 10.1 Å². The van der Waals surface area contributed by atoms with Crippen molar-refractivity contribution in [3.63, 3.8) is 0 Å². The standard InChI is InChI=1S/C23H19N3O3S/c1-30(28,29)20-10-9-18(14-17-6-3-2-4-7-17)22(15-20)26-23(27)21(11-13-25-26)19-8-5-12-24-16-19/h2-13,15-16H,14H2,1H3. The molecule has 4 rings (SSSR count). The van der Waals surface area contributed by atoms with Crippen molar-refractivity contribution < 1.29 is 8.42 Å². The third kappa shape index (κ3) is 4.06. The van der Waals surface area contributed by atoms with Crippen molar-refractivity contribution in [2.24, 2.45) is 0 Å². The van der Waals surface area contributed by atoms with Crippen molar-refractivity contribution in [2.75, 3.05) is 6.26 Å². The van der Waals surface area contributed by atoms with E-state index in [1.807, 2.05) is 30.3 Å². The van der Waals surface area contributed by atoms with Crippen LogP contribution in [0.1, 0.15) is 11.1 Å². The molecule has 2 aromatic carbocycles. The number of benzene rings is 2. The number of aromatic nitrogens is 3. The Morgan fingerprint density at radius 1 is 0.933 bits per heavy atom. The third-order valence-corrected chi connectivity index (χ3v) is 5.88. The van der Waals surface area contributed by atoms with Gasteiger partial charge in [0, 0.05) is 30.4 Å². The lowest BCUT2D eigenvalue weighted by Gasteiger charge is -2.14. The van der Waals surface area contributed by atoms with Crippen molar-refractivity contribution >= 4 is 9.84 Å². The molecule has 7 heteroatoms. The molecule has 0 unspecified atom stereocenters. The Labute approximate surface area is 174 Å². The number of hydrogen-bond acceptors (Lipinski definition) is 5. The smallest absolute Gasteiger partial charge is 0.267 e. The van der Waals surface area contributed by atoms with Gasteiger partial charge in [-0.2, -0.15) is 9.78 Å². The molecule has 30 heavy (non-hydrogen) atoms. The Bertz CT molecular complexity index is 1350. The highest BCUT2D eigenvalue weighted by Gasteiger charge is 2.16. The van der Waals surface area contributed by atoms with Gasteiger partial charge in [-0.05, 0) is 41.8 Å². The molecule has 0 saturated carbocycles. The van der Waals surface area contributed by atoms with Gasteiger partial charge in [0.25, 0.3) is 5.56 Å². The Hall–Kier alpha value is -3.58. The van der Waals surface area contributed by atoms with Gasteiger partial charge in [0.15, 0.2) is 9.84 Å². The zero-order chi connectivity index (χ0) is 21.1. The van der Waals surface area contributed by atoms with E-state index >= 15 is 0 Å². The van der Waals surface area contributed by atoms with E-state index in [1.165, 1.54) is 16.9 Å². The molecule has 0 saturated heterocycles. The van der Waals surface area contributed by atoms with E-state index in [1.54, 1.807) is 42.7 Å². The summed E-state index contributed by atoms with van der Waals surface area (Å²) in [5.74, 6) is 0. The predicted molar refractivity (Wildman–Crippen MR) is 115 cm³/mol. The second-order valence-corrected chi connectivity index (χ2v) is 8.94. The molecule has 4 aromatic rings. The molecule has 0 amide bonds. The summed E-state index contributed by atoms with van der Waals surface area (Å²) in [5, 5.41) is 4.25. The van der Waals surface area contributed by atoms with E-state index in [9.17, 15) is 13.2 Å². The molecular formula is C23H19N3O3S. The molecule has 0 aliphatic heterocycles. The van der Waals surface area contributed by atoms with Crippen LogP contribution in [0.25, 0.3) is 16.8 Å². The summed E-state index contributed by atoms with van der Waals surface area (Å²) in [6.07, 6.45) is 6.45.